The minimum Gasteiger partial charge on any atom is -0.484 e. The van der Waals surface area contributed by atoms with Crippen molar-refractivity contribution < 1.29 is 9.13 Å². The molecule has 0 unspecified atom stereocenters. The van der Waals surface area contributed by atoms with Crippen LogP contribution in [0.15, 0.2) is 18.2 Å². The Hall–Kier alpha value is -1.09. The Bertz CT molecular complexity index is 388. The average molecular weight is 237 g/mol. The van der Waals surface area contributed by atoms with Crippen LogP contribution >= 0.6 is 0 Å². The Balaban J connectivity index is 2.10. The quantitative estimate of drug-likeness (QED) is 0.850. The van der Waals surface area contributed by atoms with Crippen LogP contribution in [0.2, 0.25) is 0 Å². The van der Waals surface area contributed by atoms with E-state index in [1.807, 2.05) is 13.1 Å². The second-order valence-electron chi connectivity index (χ2n) is 4.88. The number of aryl methyl sites for hydroxylation is 1. The molecule has 0 atom stereocenters. The number of rotatable bonds is 5. The maximum atomic E-state index is 13.9. The van der Waals surface area contributed by atoms with E-state index in [0.29, 0.717) is 11.3 Å². The highest BCUT2D eigenvalue weighted by Crippen LogP contribution is 2.40. The highest BCUT2D eigenvalue weighted by atomic mass is 19.1. The van der Waals surface area contributed by atoms with Crippen molar-refractivity contribution in [3.63, 3.8) is 0 Å². The number of ether oxygens (including phenoxy) is 1. The Morgan fingerprint density at radius 3 is 2.76 bits per heavy atom. The number of nitrogens with one attached hydrogen (secondary N) is 1. The summed E-state index contributed by atoms with van der Waals surface area (Å²) < 4.78 is 19.8. The third kappa shape index (κ3) is 2.60. The Kier molecular flexibility index (Phi) is 3.67. The third-order valence-corrected chi connectivity index (χ3v) is 3.58. The van der Waals surface area contributed by atoms with Crippen LogP contribution in [-0.2, 0) is 0 Å². The summed E-state index contributed by atoms with van der Waals surface area (Å²) in [6.07, 6.45) is 4.18. The minimum atomic E-state index is -0.219. The van der Waals surface area contributed by atoms with Gasteiger partial charge in [-0.15, -0.1) is 0 Å². The first kappa shape index (κ1) is 12.4. The van der Waals surface area contributed by atoms with E-state index in [1.54, 1.807) is 19.1 Å². The largest absolute Gasteiger partial charge is 0.484 e. The maximum Gasteiger partial charge on any atom is 0.167 e. The van der Waals surface area contributed by atoms with E-state index in [9.17, 15) is 4.39 Å². The smallest absolute Gasteiger partial charge is 0.167 e. The number of benzene rings is 1. The molecular formula is C14H20FNO. The molecule has 1 N–H and O–H groups in total. The van der Waals surface area contributed by atoms with Crippen LogP contribution in [0.1, 0.15) is 31.2 Å². The lowest BCUT2D eigenvalue weighted by Gasteiger charge is -2.42. The molecule has 0 amide bonds. The molecule has 1 aliphatic rings. The van der Waals surface area contributed by atoms with Crippen LogP contribution in [0.5, 0.6) is 5.75 Å². The SMILES string of the molecule is CNCCC1(Oc2cccc(C)c2F)CCC1. The molecule has 0 bridgehead atoms. The van der Waals surface area contributed by atoms with Crippen molar-refractivity contribution in [2.24, 2.45) is 0 Å². The number of hydrogen-bond donors (Lipinski definition) is 1. The monoisotopic (exact) mass is 237 g/mol. The first-order valence-electron chi connectivity index (χ1n) is 6.26. The molecule has 0 aromatic heterocycles. The second kappa shape index (κ2) is 5.05. The van der Waals surface area contributed by atoms with Crippen molar-refractivity contribution in [3.05, 3.63) is 29.6 Å². The summed E-state index contributed by atoms with van der Waals surface area (Å²) in [5, 5.41) is 3.13. The summed E-state index contributed by atoms with van der Waals surface area (Å²) in [6.45, 7) is 2.68. The van der Waals surface area contributed by atoms with Gasteiger partial charge in [-0.1, -0.05) is 12.1 Å². The summed E-state index contributed by atoms with van der Waals surface area (Å²) in [4.78, 5) is 0. The predicted octanol–water partition coefficient (Wildman–Crippen LogP) is 3.05. The van der Waals surface area contributed by atoms with E-state index in [1.165, 1.54) is 6.42 Å². The molecule has 1 aromatic rings. The molecule has 94 valence electrons. The fourth-order valence-corrected chi connectivity index (χ4v) is 2.26. The van der Waals surface area contributed by atoms with E-state index in [2.05, 4.69) is 5.32 Å². The van der Waals surface area contributed by atoms with Crippen LogP contribution in [-0.4, -0.2) is 19.2 Å². The topological polar surface area (TPSA) is 21.3 Å². The van der Waals surface area contributed by atoms with E-state index in [-0.39, 0.29) is 11.4 Å². The third-order valence-electron chi connectivity index (χ3n) is 3.58. The van der Waals surface area contributed by atoms with Gasteiger partial charge in [-0.2, -0.15) is 0 Å². The maximum absolute atomic E-state index is 13.9. The average Bonchev–Trinajstić information content (AvgIpc) is 2.28. The van der Waals surface area contributed by atoms with Crippen LogP contribution in [0.25, 0.3) is 0 Å². The lowest BCUT2D eigenvalue weighted by molar-refractivity contribution is -0.0168. The van der Waals surface area contributed by atoms with Gasteiger partial charge in [0.1, 0.15) is 5.60 Å². The summed E-state index contributed by atoms with van der Waals surface area (Å²) in [5.41, 5.74) is 0.503. The highest BCUT2D eigenvalue weighted by molar-refractivity contribution is 5.31. The van der Waals surface area contributed by atoms with Gasteiger partial charge in [-0.05, 0) is 57.8 Å². The van der Waals surface area contributed by atoms with Gasteiger partial charge in [0.15, 0.2) is 11.6 Å². The molecule has 0 spiro atoms. The molecular weight excluding hydrogens is 217 g/mol. The second-order valence-corrected chi connectivity index (χ2v) is 4.88. The van der Waals surface area contributed by atoms with E-state index >= 15 is 0 Å². The first-order chi connectivity index (χ1) is 8.17. The molecule has 2 nitrogen and oxygen atoms in total. The van der Waals surface area contributed by atoms with Crippen molar-refractivity contribution in [2.45, 2.75) is 38.2 Å². The lowest BCUT2D eigenvalue weighted by atomic mass is 9.77. The predicted molar refractivity (Wildman–Crippen MR) is 66.9 cm³/mol. The Morgan fingerprint density at radius 2 is 2.18 bits per heavy atom. The van der Waals surface area contributed by atoms with Crippen LogP contribution < -0.4 is 10.1 Å². The van der Waals surface area contributed by atoms with Gasteiger partial charge in [-0.25, -0.2) is 4.39 Å². The first-order valence-corrected chi connectivity index (χ1v) is 6.26. The molecule has 1 aliphatic carbocycles. The van der Waals surface area contributed by atoms with Gasteiger partial charge in [0.25, 0.3) is 0 Å². The van der Waals surface area contributed by atoms with Crippen molar-refractivity contribution in [2.75, 3.05) is 13.6 Å². The summed E-state index contributed by atoms with van der Waals surface area (Å²) in [5.74, 6) is 0.184. The molecule has 0 radical (unpaired) electrons. The van der Waals surface area contributed by atoms with Crippen molar-refractivity contribution >= 4 is 0 Å². The molecule has 0 aliphatic heterocycles. The fourth-order valence-electron chi connectivity index (χ4n) is 2.26. The molecule has 2 rings (SSSR count). The van der Waals surface area contributed by atoms with Gasteiger partial charge >= 0.3 is 0 Å². The molecule has 1 fully saturated rings. The normalized spacial score (nSPS) is 17.6. The van der Waals surface area contributed by atoms with Gasteiger partial charge in [0, 0.05) is 0 Å². The Morgan fingerprint density at radius 1 is 1.41 bits per heavy atom. The van der Waals surface area contributed by atoms with Crippen LogP contribution in [0.4, 0.5) is 4.39 Å². The molecule has 17 heavy (non-hydrogen) atoms. The molecule has 0 saturated heterocycles. The van der Waals surface area contributed by atoms with E-state index < -0.39 is 0 Å². The molecule has 1 aromatic carbocycles. The van der Waals surface area contributed by atoms with Gasteiger partial charge in [-0.3, -0.25) is 0 Å². The fraction of sp³-hybridized carbons (Fsp3) is 0.571. The Labute approximate surface area is 102 Å². The highest BCUT2D eigenvalue weighted by Gasteiger charge is 2.39. The van der Waals surface area contributed by atoms with Gasteiger partial charge < -0.3 is 10.1 Å². The summed E-state index contributed by atoms with van der Waals surface area (Å²) in [6, 6.07) is 5.34. The van der Waals surface area contributed by atoms with Crippen LogP contribution in [0, 0.1) is 12.7 Å². The van der Waals surface area contributed by atoms with Crippen LogP contribution in [0.3, 0.4) is 0 Å². The van der Waals surface area contributed by atoms with E-state index in [0.717, 1.165) is 25.8 Å². The summed E-state index contributed by atoms with van der Waals surface area (Å²) in [7, 11) is 1.93. The number of hydrogen-bond acceptors (Lipinski definition) is 2. The van der Waals surface area contributed by atoms with Crippen molar-refractivity contribution in [1.82, 2.24) is 5.32 Å². The van der Waals surface area contributed by atoms with E-state index in [4.69, 9.17) is 4.74 Å². The van der Waals surface area contributed by atoms with Gasteiger partial charge in [0.05, 0.1) is 0 Å². The van der Waals surface area contributed by atoms with Crippen molar-refractivity contribution in [3.8, 4) is 5.75 Å². The zero-order valence-corrected chi connectivity index (χ0v) is 10.6. The zero-order chi connectivity index (χ0) is 12.3. The minimum absolute atomic E-state index is 0.141. The summed E-state index contributed by atoms with van der Waals surface area (Å²) >= 11 is 0. The molecule has 0 heterocycles. The van der Waals surface area contributed by atoms with Gasteiger partial charge in [0.2, 0.25) is 0 Å². The van der Waals surface area contributed by atoms with Crippen molar-refractivity contribution in [1.29, 1.82) is 0 Å². The standard InChI is InChI=1S/C14H20FNO/c1-11-5-3-6-12(13(11)15)17-14(7-4-8-14)9-10-16-2/h3,5-6,16H,4,7-10H2,1-2H3. The molecule has 3 heteroatoms. The zero-order valence-electron chi connectivity index (χ0n) is 10.6. The molecule has 1 saturated carbocycles. The number of halogens is 1. The lowest BCUT2D eigenvalue weighted by Crippen LogP contribution is -2.45.